The Morgan fingerprint density at radius 2 is 1.93 bits per heavy atom. The van der Waals surface area contributed by atoms with Gasteiger partial charge in [0.2, 0.25) is 0 Å². The van der Waals surface area contributed by atoms with Gasteiger partial charge in [0, 0.05) is 16.0 Å². The van der Waals surface area contributed by atoms with E-state index in [1.165, 1.54) is 10.4 Å². The first-order valence-electron chi connectivity index (χ1n) is 9.89. The van der Waals surface area contributed by atoms with Crippen molar-refractivity contribution in [2.75, 3.05) is 19.0 Å². The summed E-state index contributed by atoms with van der Waals surface area (Å²) in [6.45, 7) is 2.82. The Morgan fingerprint density at radius 3 is 2.69 bits per heavy atom. The minimum atomic E-state index is -0.165. The molecule has 1 amide bonds. The van der Waals surface area contributed by atoms with Crippen LogP contribution in [-0.4, -0.2) is 24.6 Å². The van der Waals surface area contributed by atoms with Crippen molar-refractivity contribution in [1.82, 2.24) is 4.98 Å². The molecule has 29 heavy (non-hydrogen) atoms. The number of anilines is 1. The van der Waals surface area contributed by atoms with Crippen LogP contribution in [0, 0.1) is 0 Å². The number of unbranched alkanes of at least 4 members (excludes halogenated alkanes) is 1. The van der Waals surface area contributed by atoms with Crippen LogP contribution in [-0.2, 0) is 12.8 Å². The summed E-state index contributed by atoms with van der Waals surface area (Å²) in [5.74, 6) is 1.43. The summed E-state index contributed by atoms with van der Waals surface area (Å²) in [5, 5.41) is 3.57. The van der Waals surface area contributed by atoms with E-state index in [1.807, 2.05) is 24.3 Å². The first kappa shape index (κ1) is 19.5. The maximum Gasteiger partial charge on any atom is 0.257 e. The number of thiazole rings is 1. The Balaban J connectivity index is 1.48. The first-order valence-corrected chi connectivity index (χ1v) is 10.7. The molecule has 0 saturated heterocycles. The predicted molar refractivity (Wildman–Crippen MR) is 116 cm³/mol. The van der Waals surface area contributed by atoms with Crippen LogP contribution in [0.2, 0.25) is 0 Å². The molecule has 1 heterocycles. The monoisotopic (exact) mass is 408 g/mol. The SMILES string of the molecule is CCCCOc1ccc(C(=O)Nc2nc3c(s2)CCc2ccc(OC)cc2-3)cc1. The molecule has 5 nitrogen and oxygen atoms in total. The highest BCUT2D eigenvalue weighted by Gasteiger charge is 2.22. The molecule has 1 aliphatic rings. The van der Waals surface area contributed by atoms with Crippen molar-refractivity contribution in [2.24, 2.45) is 0 Å². The van der Waals surface area contributed by atoms with E-state index in [2.05, 4.69) is 18.3 Å². The summed E-state index contributed by atoms with van der Waals surface area (Å²) in [7, 11) is 1.66. The molecule has 3 aromatic rings. The number of benzene rings is 2. The van der Waals surface area contributed by atoms with E-state index >= 15 is 0 Å². The number of hydrogen-bond donors (Lipinski definition) is 1. The number of carbonyl (C=O) groups is 1. The van der Waals surface area contributed by atoms with Crippen molar-refractivity contribution in [3.8, 4) is 22.8 Å². The van der Waals surface area contributed by atoms with E-state index in [-0.39, 0.29) is 5.91 Å². The molecule has 0 atom stereocenters. The van der Waals surface area contributed by atoms with Gasteiger partial charge in [-0.2, -0.15) is 0 Å². The predicted octanol–water partition coefficient (Wildman–Crippen LogP) is 5.35. The molecule has 6 heteroatoms. The van der Waals surface area contributed by atoms with E-state index in [9.17, 15) is 4.79 Å². The Bertz CT molecular complexity index is 1010. The van der Waals surface area contributed by atoms with Crippen LogP contribution in [0.5, 0.6) is 11.5 Å². The fourth-order valence-corrected chi connectivity index (χ4v) is 4.33. The van der Waals surface area contributed by atoms with Gasteiger partial charge in [-0.3, -0.25) is 10.1 Å². The summed E-state index contributed by atoms with van der Waals surface area (Å²) in [4.78, 5) is 18.5. The molecule has 1 N–H and O–H groups in total. The Kier molecular flexibility index (Phi) is 5.81. The fraction of sp³-hybridized carbons (Fsp3) is 0.304. The van der Waals surface area contributed by atoms with Gasteiger partial charge in [0.1, 0.15) is 11.5 Å². The molecule has 0 unspecified atom stereocenters. The van der Waals surface area contributed by atoms with Gasteiger partial charge in [-0.05, 0) is 61.2 Å². The number of nitrogens with zero attached hydrogens (tertiary/aromatic N) is 1. The molecule has 1 aromatic heterocycles. The second kappa shape index (κ2) is 8.66. The largest absolute Gasteiger partial charge is 0.497 e. The average Bonchev–Trinajstić information content (AvgIpc) is 3.17. The van der Waals surface area contributed by atoms with E-state index in [0.29, 0.717) is 17.3 Å². The molecule has 1 aliphatic carbocycles. The van der Waals surface area contributed by atoms with Gasteiger partial charge in [-0.25, -0.2) is 4.98 Å². The molecule has 0 spiro atoms. The summed E-state index contributed by atoms with van der Waals surface area (Å²) in [5.41, 5.74) is 3.89. The van der Waals surface area contributed by atoms with Crippen LogP contribution in [0.1, 0.15) is 40.6 Å². The molecular formula is C23H24N2O3S. The molecule has 0 aliphatic heterocycles. The third-order valence-electron chi connectivity index (χ3n) is 4.99. The maximum absolute atomic E-state index is 12.6. The molecule has 150 valence electrons. The first-order chi connectivity index (χ1) is 14.2. The summed E-state index contributed by atoms with van der Waals surface area (Å²) in [6.07, 6.45) is 4.02. The summed E-state index contributed by atoms with van der Waals surface area (Å²) in [6, 6.07) is 13.3. The lowest BCUT2D eigenvalue weighted by Crippen LogP contribution is -2.11. The number of amides is 1. The van der Waals surface area contributed by atoms with Crippen molar-refractivity contribution in [1.29, 1.82) is 0 Å². The average molecular weight is 409 g/mol. The van der Waals surface area contributed by atoms with Crippen LogP contribution >= 0.6 is 11.3 Å². The van der Waals surface area contributed by atoms with Crippen LogP contribution in [0.3, 0.4) is 0 Å². The number of fused-ring (bicyclic) bond motifs is 3. The van der Waals surface area contributed by atoms with Gasteiger partial charge in [0.25, 0.3) is 5.91 Å². The number of methoxy groups -OCH3 is 1. The van der Waals surface area contributed by atoms with Gasteiger partial charge in [-0.15, -0.1) is 11.3 Å². The lowest BCUT2D eigenvalue weighted by Gasteiger charge is -2.15. The zero-order chi connectivity index (χ0) is 20.2. The third-order valence-corrected chi connectivity index (χ3v) is 6.03. The standard InChI is InChI=1S/C23H24N2O3S/c1-3-4-13-28-17-9-6-16(7-10-17)22(26)25-23-24-21-19-14-18(27-2)11-5-15(19)8-12-20(21)29-23/h5-7,9-11,14H,3-4,8,12-13H2,1-2H3,(H,24,25,26). The molecule has 0 fully saturated rings. The highest BCUT2D eigenvalue weighted by Crippen LogP contribution is 2.39. The van der Waals surface area contributed by atoms with Crippen LogP contribution in [0.15, 0.2) is 42.5 Å². The second-order valence-corrected chi connectivity index (χ2v) is 8.08. The van der Waals surface area contributed by atoms with Crippen molar-refractivity contribution in [2.45, 2.75) is 32.6 Å². The maximum atomic E-state index is 12.6. The van der Waals surface area contributed by atoms with Crippen molar-refractivity contribution in [3.63, 3.8) is 0 Å². The number of nitrogens with one attached hydrogen (secondary N) is 1. The van der Waals surface area contributed by atoms with Gasteiger partial charge in [-0.1, -0.05) is 19.4 Å². The molecule has 2 aromatic carbocycles. The van der Waals surface area contributed by atoms with Crippen LogP contribution in [0.25, 0.3) is 11.3 Å². The van der Waals surface area contributed by atoms with Crippen molar-refractivity contribution >= 4 is 22.4 Å². The van der Waals surface area contributed by atoms with E-state index in [0.717, 1.165) is 48.4 Å². The topological polar surface area (TPSA) is 60.5 Å². The third kappa shape index (κ3) is 4.27. The number of rotatable bonds is 7. The molecular weight excluding hydrogens is 384 g/mol. The van der Waals surface area contributed by atoms with Crippen molar-refractivity contribution < 1.29 is 14.3 Å². The number of hydrogen-bond acceptors (Lipinski definition) is 5. The van der Waals surface area contributed by atoms with E-state index in [4.69, 9.17) is 14.5 Å². The second-order valence-electron chi connectivity index (χ2n) is 6.99. The zero-order valence-corrected chi connectivity index (χ0v) is 17.5. The van der Waals surface area contributed by atoms with Crippen LogP contribution in [0.4, 0.5) is 5.13 Å². The number of ether oxygens (including phenoxy) is 2. The fourth-order valence-electron chi connectivity index (χ4n) is 3.36. The Labute approximate surface area is 174 Å². The smallest absolute Gasteiger partial charge is 0.257 e. The lowest BCUT2D eigenvalue weighted by atomic mass is 9.93. The zero-order valence-electron chi connectivity index (χ0n) is 16.7. The lowest BCUT2D eigenvalue weighted by molar-refractivity contribution is 0.102. The van der Waals surface area contributed by atoms with Crippen molar-refractivity contribution in [3.05, 3.63) is 58.5 Å². The van der Waals surface area contributed by atoms with E-state index in [1.54, 1.807) is 30.6 Å². The highest BCUT2D eigenvalue weighted by atomic mass is 32.1. The molecule has 0 bridgehead atoms. The van der Waals surface area contributed by atoms with Gasteiger partial charge in [0.05, 0.1) is 19.4 Å². The molecule has 4 rings (SSSR count). The summed E-state index contributed by atoms with van der Waals surface area (Å²) < 4.78 is 11.0. The van der Waals surface area contributed by atoms with Gasteiger partial charge in [0.15, 0.2) is 5.13 Å². The Hall–Kier alpha value is -2.86. The minimum absolute atomic E-state index is 0.165. The van der Waals surface area contributed by atoms with E-state index < -0.39 is 0 Å². The number of carbonyl (C=O) groups excluding carboxylic acids is 1. The van der Waals surface area contributed by atoms with Crippen LogP contribution < -0.4 is 14.8 Å². The Morgan fingerprint density at radius 1 is 1.14 bits per heavy atom. The highest BCUT2D eigenvalue weighted by molar-refractivity contribution is 7.16. The minimum Gasteiger partial charge on any atom is -0.497 e. The summed E-state index contributed by atoms with van der Waals surface area (Å²) >= 11 is 1.54. The number of aromatic nitrogens is 1. The molecule has 0 saturated carbocycles. The number of aryl methyl sites for hydroxylation is 2. The van der Waals surface area contributed by atoms with Gasteiger partial charge >= 0.3 is 0 Å². The molecule has 0 radical (unpaired) electrons. The normalized spacial score (nSPS) is 12.1. The van der Waals surface area contributed by atoms with Gasteiger partial charge < -0.3 is 9.47 Å². The quantitative estimate of drug-likeness (QED) is 0.536.